The average Bonchev–Trinajstić information content (AvgIpc) is 2.79. The summed E-state index contributed by atoms with van der Waals surface area (Å²) >= 11 is 5.98. The van der Waals surface area contributed by atoms with Crippen molar-refractivity contribution in [2.75, 3.05) is 25.5 Å². The van der Waals surface area contributed by atoms with E-state index < -0.39 is 28.0 Å². The van der Waals surface area contributed by atoms with Gasteiger partial charge in [-0.25, -0.2) is 13.2 Å². The van der Waals surface area contributed by atoms with E-state index in [2.05, 4.69) is 5.32 Å². The van der Waals surface area contributed by atoms with Crippen molar-refractivity contribution in [2.45, 2.75) is 44.1 Å². The average molecular weight is 495 g/mol. The number of halogens is 1. The maximum Gasteiger partial charge on any atom is 0.338 e. The lowest BCUT2D eigenvalue weighted by Gasteiger charge is -2.26. The van der Waals surface area contributed by atoms with Crippen molar-refractivity contribution >= 4 is 39.2 Å². The number of hydrogen-bond donors (Lipinski definition) is 1. The molecule has 1 aliphatic rings. The second-order valence-corrected chi connectivity index (χ2v) is 10.2. The molecule has 178 valence electrons. The molecule has 1 saturated heterocycles. The number of nitrogens with zero attached hydrogens (tertiary/aromatic N) is 1. The van der Waals surface area contributed by atoms with Crippen molar-refractivity contribution in [3.05, 3.63) is 52.5 Å². The van der Waals surface area contributed by atoms with Crippen LogP contribution in [0.4, 0.5) is 5.69 Å². The van der Waals surface area contributed by atoms with E-state index in [-0.39, 0.29) is 10.5 Å². The highest BCUT2D eigenvalue weighted by Crippen LogP contribution is 2.28. The lowest BCUT2D eigenvalue weighted by molar-refractivity contribution is -0.123. The molecule has 3 rings (SSSR count). The van der Waals surface area contributed by atoms with Crippen LogP contribution in [0.5, 0.6) is 5.75 Å². The number of nitrogens with one attached hydrogen (secondary N) is 1. The van der Waals surface area contributed by atoms with Gasteiger partial charge in [0.1, 0.15) is 5.75 Å². The summed E-state index contributed by atoms with van der Waals surface area (Å²) in [6, 6.07) is 9.10. The Hall–Kier alpha value is -2.62. The molecule has 1 unspecified atom stereocenters. The molecule has 0 bridgehead atoms. The highest BCUT2D eigenvalue weighted by atomic mass is 35.5. The molecule has 0 radical (unpaired) electrons. The third kappa shape index (κ3) is 5.85. The van der Waals surface area contributed by atoms with Crippen molar-refractivity contribution < 1.29 is 27.5 Å². The van der Waals surface area contributed by atoms with Crippen molar-refractivity contribution in [1.29, 1.82) is 0 Å². The summed E-state index contributed by atoms with van der Waals surface area (Å²) in [5.74, 6) is -0.986. The minimum absolute atomic E-state index is 0.0520. The van der Waals surface area contributed by atoms with Gasteiger partial charge in [0, 0.05) is 18.1 Å². The quantitative estimate of drug-likeness (QED) is 0.583. The van der Waals surface area contributed by atoms with Crippen molar-refractivity contribution in [3.8, 4) is 5.75 Å². The number of rotatable bonds is 7. The van der Waals surface area contributed by atoms with Gasteiger partial charge in [0.15, 0.2) is 6.10 Å². The third-order valence-electron chi connectivity index (χ3n) is 5.43. The maximum atomic E-state index is 13.1. The van der Waals surface area contributed by atoms with Crippen LogP contribution in [0.2, 0.25) is 5.02 Å². The van der Waals surface area contributed by atoms with Crippen LogP contribution in [0, 0.1) is 6.92 Å². The van der Waals surface area contributed by atoms with E-state index in [9.17, 15) is 18.0 Å². The molecule has 0 aliphatic carbocycles. The number of hydrogen-bond acceptors (Lipinski definition) is 6. The van der Waals surface area contributed by atoms with Gasteiger partial charge in [-0.3, -0.25) is 4.79 Å². The van der Waals surface area contributed by atoms with Gasteiger partial charge >= 0.3 is 5.97 Å². The first-order chi connectivity index (χ1) is 15.6. The van der Waals surface area contributed by atoms with Crippen LogP contribution in [0.15, 0.2) is 41.3 Å². The Kier molecular flexibility index (Phi) is 7.99. The van der Waals surface area contributed by atoms with Gasteiger partial charge in [-0.05, 0) is 62.6 Å². The van der Waals surface area contributed by atoms with Gasteiger partial charge in [0.05, 0.1) is 23.3 Å². The number of benzene rings is 2. The predicted octanol–water partition coefficient (Wildman–Crippen LogP) is 4.02. The predicted molar refractivity (Wildman–Crippen MR) is 125 cm³/mol. The molecule has 2 aromatic rings. The number of carbonyl (C=O) groups is 2. The van der Waals surface area contributed by atoms with Crippen LogP contribution >= 0.6 is 11.6 Å². The Morgan fingerprint density at radius 2 is 1.79 bits per heavy atom. The van der Waals surface area contributed by atoms with Crippen LogP contribution < -0.4 is 10.1 Å². The molecule has 0 saturated carbocycles. The molecule has 10 heteroatoms. The van der Waals surface area contributed by atoms with Crippen LogP contribution in [-0.4, -0.2) is 50.9 Å². The topological polar surface area (TPSA) is 102 Å². The zero-order valence-electron chi connectivity index (χ0n) is 18.8. The second kappa shape index (κ2) is 10.5. The number of piperidine rings is 1. The number of amides is 1. The Morgan fingerprint density at radius 3 is 2.45 bits per heavy atom. The van der Waals surface area contributed by atoms with Gasteiger partial charge in [-0.2, -0.15) is 4.31 Å². The van der Waals surface area contributed by atoms with Gasteiger partial charge in [-0.1, -0.05) is 24.1 Å². The van der Waals surface area contributed by atoms with Crippen molar-refractivity contribution in [2.24, 2.45) is 0 Å². The molecule has 1 amide bonds. The Bertz CT molecular complexity index is 1150. The number of sulfonamides is 1. The van der Waals surface area contributed by atoms with Gasteiger partial charge in [0.25, 0.3) is 5.91 Å². The Labute approximate surface area is 198 Å². The van der Waals surface area contributed by atoms with E-state index in [1.807, 2.05) is 0 Å². The molecule has 1 N–H and O–H groups in total. The van der Waals surface area contributed by atoms with Crippen LogP contribution in [0.25, 0.3) is 0 Å². The van der Waals surface area contributed by atoms with E-state index in [1.165, 1.54) is 36.5 Å². The summed E-state index contributed by atoms with van der Waals surface area (Å²) in [5.41, 5.74) is 0.926. The summed E-state index contributed by atoms with van der Waals surface area (Å²) in [4.78, 5) is 25.3. The summed E-state index contributed by atoms with van der Waals surface area (Å²) in [7, 11) is -2.27. The Morgan fingerprint density at radius 1 is 1.09 bits per heavy atom. The van der Waals surface area contributed by atoms with E-state index >= 15 is 0 Å². The standard InChI is InChI=1S/C23H27ClN2O6S/c1-15-7-8-17(13-21(15)33(29,30)26-11-5-4-6-12-26)23(28)32-16(2)22(27)25-19-14-18(24)9-10-20(19)31-3/h7-10,13-14,16H,4-6,11-12H2,1-3H3,(H,25,27). The number of anilines is 1. The molecule has 33 heavy (non-hydrogen) atoms. The first kappa shape index (κ1) is 25.0. The van der Waals surface area contributed by atoms with E-state index in [4.69, 9.17) is 21.1 Å². The number of aryl methyl sites for hydroxylation is 1. The molecule has 0 spiro atoms. The summed E-state index contributed by atoms with van der Waals surface area (Å²) in [6.07, 6.45) is 1.47. The molecule has 1 atom stereocenters. The van der Waals surface area contributed by atoms with Crippen LogP contribution in [0.1, 0.15) is 42.1 Å². The van der Waals surface area contributed by atoms with E-state index in [1.54, 1.807) is 25.1 Å². The number of ether oxygens (including phenoxy) is 2. The van der Waals surface area contributed by atoms with Crippen LogP contribution in [-0.2, 0) is 19.6 Å². The number of carbonyl (C=O) groups excluding carboxylic acids is 2. The molecule has 1 heterocycles. The van der Waals surface area contributed by atoms with Gasteiger partial charge in [0.2, 0.25) is 10.0 Å². The van der Waals surface area contributed by atoms with Gasteiger partial charge < -0.3 is 14.8 Å². The minimum Gasteiger partial charge on any atom is -0.495 e. The van der Waals surface area contributed by atoms with Crippen molar-refractivity contribution in [3.63, 3.8) is 0 Å². The lowest BCUT2D eigenvalue weighted by Crippen LogP contribution is -2.36. The highest BCUT2D eigenvalue weighted by Gasteiger charge is 2.29. The number of methoxy groups -OCH3 is 1. The normalized spacial score (nSPS) is 15.5. The molecular formula is C23H27ClN2O6S. The minimum atomic E-state index is -3.73. The monoisotopic (exact) mass is 494 g/mol. The fourth-order valence-electron chi connectivity index (χ4n) is 3.54. The largest absolute Gasteiger partial charge is 0.495 e. The molecule has 8 nitrogen and oxygen atoms in total. The smallest absolute Gasteiger partial charge is 0.338 e. The fourth-order valence-corrected chi connectivity index (χ4v) is 5.48. The zero-order valence-corrected chi connectivity index (χ0v) is 20.3. The second-order valence-electron chi connectivity index (χ2n) is 7.83. The summed E-state index contributed by atoms with van der Waals surface area (Å²) < 4.78 is 38.1. The number of esters is 1. The molecule has 1 aliphatic heterocycles. The summed E-state index contributed by atoms with van der Waals surface area (Å²) in [5, 5.41) is 3.02. The van der Waals surface area contributed by atoms with Crippen LogP contribution in [0.3, 0.4) is 0 Å². The molecule has 1 fully saturated rings. The fraction of sp³-hybridized carbons (Fsp3) is 0.391. The first-order valence-corrected chi connectivity index (χ1v) is 12.4. The van der Waals surface area contributed by atoms with E-state index in [0.717, 1.165) is 19.3 Å². The van der Waals surface area contributed by atoms with Crippen molar-refractivity contribution in [1.82, 2.24) is 4.31 Å². The zero-order chi connectivity index (χ0) is 24.2. The van der Waals surface area contributed by atoms with E-state index in [0.29, 0.717) is 35.1 Å². The third-order valence-corrected chi connectivity index (χ3v) is 7.70. The van der Waals surface area contributed by atoms with Gasteiger partial charge in [-0.15, -0.1) is 0 Å². The Balaban J connectivity index is 1.74. The highest BCUT2D eigenvalue weighted by molar-refractivity contribution is 7.89. The lowest BCUT2D eigenvalue weighted by atomic mass is 10.1. The molecule has 2 aromatic carbocycles. The molecule has 0 aromatic heterocycles. The molecular weight excluding hydrogens is 468 g/mol. The summed E-state index contributed by atoms with van der Waals surface area (Å²) in [6.45, 7) is 4.02. The first-order valence-electron chi connectivity index (χ1n) is 10.6. The maximum absolute atomic E-state index is 13.1. The SMILES string of the molecule is COc1ccc(Cl)cc1NC(=O)C(C)OC(=O)c1ccc(C)c(S(=O)(=O)N2CCCCC2)c1.